The molecule has 0 N–H and O–H groups in total. The van der Waals surface area contributed by atoms with Crippen molar-refractivity contribution in [3.05, 3.63) is 77.3 Å². The predicted molar refractivity (Wildman–Crippen MR) is 89.6 cm³/mol. The lowest BCUT2D eigenvalue weighted by Gasteiger charge is -2.00. The van der Waals surface area contributed by atoms with Gasteiger partial charge >= 0.3 is 0 Å². The number of nitriles is 2. The highest BCUT2D eigenvalue weighted by Crippen LogP contribution is 2.29. The SMILES string of the molecule is [C-]#[N+]C(C=Cn1c2ccccc2c2ccccc21)=C(C#N)C#N. The van der Waals surface area contributed by atoms with Gasteiger partial charge in [-0.25, -0.2) is 4.85 Å². The van der Waals surface area contributed by atoms with Gasteiger partial charge in [0.15, 0.2) is 0 Å². The van der Waals surface area contributed by atoms with Crippen LogP contribution in [0.3, 0.4) is 0 Å². The first-order chi connectivity index (χ1) is 11.3. The lowest BCUT2D eigenvalue weighted by atomic mass is 10.2. The Morgan fingerprint density at radius 3 is 1.96 bits per heavy atom. The monoisotopic (exact) mass is 294 g/mol. The molecule has 2 aromatic carbocycles. The number of benzene rings is 2. The van der Waals surface area contributed by atoms with Crippen LogP contribution in [-0.2, 0) is 0 Å². The number of rotatable bonds is 2. The number of hydrogen-bond acceptors (Lipinski definition) is 2. The molecular formula is C19H10N4. The van der Waals surface area contributed by atoms with E-state index in [2.05, 4.69) is 4.85 Å². The lowest BCUT2D eigenvalue weighted by Crippen LogP contribution is -1.86. The summed E-state index contributed by atoms with van der Waals surface area (Å²) in [6, 6.07) is 19.5. The Morgan fingerprint density at radius 1 is 0.957 bits per heavy atom. The molecule has 1 heterocycles. The van der Waals surface area contributed by atoms with Crippen LogP contribution in [0.15, 0.2) is 65.9 Å². The maximum Gasteiger partial charge on any atom is 0.216 e. The van der Waals surface area contributed by atoms with Crippen LogP contribution >= 0.6 is 0 Å². The van der Waals surface area contributed by atoms with Crippen LogP contribution in [0.4, 0.5) is 0 Å². The van der Waals surface area contributed by atoms with E-state index in [1.165, 1.54) is 6.08 Å². The zero-order valence-electron chi connectivity index (χ0n) is 12.1. The van der Waals surface area contributed by atoms with Crippen molar-refractivity contribution in [2.75, 3.05) is 0 Å². The second-order valence-electron chi connectivity index (χ2n) is 4.82. The average molecular weight is 294 g/mol. The average Bonchev–Trinajstić information content (AvgIpc) is 2.93. The highest BCUT2D eigenvalue weighted by molar-refractivity contribution is 6.09. The highest BCUT2D eigenvalue weighted by Gasteiger charge is 2.08. The van der Waals surface area contributed by atoms with Gasteiger partial charge in [-0.2, -0.15) is 10.5 Å². The molecule has 0 saturated heterocycles. The fourth-order valence-electron chi connectivity index (χ4n) is 2.57. The van der Waals surface area contributed by atoms with E-state index in [1.807, 2.05) is 53.1 Å². The van der Waals surface area contributed by atoms with E-state index < -0.39 is 0 Å². The summed E-state index contributed by atoms with van der Waals surface area (Å²) in [5.74, 6) is 0. The summed E-state index contributed by atoms with van der Waals surface area (Å²) >= 11 is 0. The zero-order valence-corrected chi connectivity index (χ0v) is 12.1. The van der Waals surface area contributed by atoms with Crippen molar-refractivity contribution in [3.63, 3.8) is 0 Å². The summed E-state index contributed by atoms with van der Waals surface area (Å²) in [7, 11) is 0. The van der Waals surface area contributed by atoms with Gasteiger partial charge < -0.3 is 4.57 Å². The van der Waals surface area contributed by atoms with E-state index in [0.29, 0.717) is 0 Å². The molecule has 0 fully saturated rings. The normalized spacial score (nSPS) is 10.3. The Morgan fingerprint density at radius 2 is 1.48 bits per heavy atom. The molecule has 23 heavy (non-hydrogen) atoms. The molecule has 0 aliphatic rings. The van der Waals surface area contributed by atoms with Gasteiger partial charge in [0, 0.05) is 10.8 Å². The fourth-order valence-corrected chi connectivity index (χ4v) is 2.57. The molecule has 0 saturated carbocycles. The van der Waals surface area contributed by atoms with Crippen LogP contribution in [0.2, 0.25) is 0 Å². The minimum absolute atomic E-state index is 0.0388. The van der Waals surface area contributed by atoms with Crippen LogP contribution < -0.4 is 0 Å². The van der Waals surface area contributed by atoms with Crippen molar-refractivity contribution in [2.45, 2.75) is 0 Å². The molecular weight excluding hydrogens is 284 g/mol. The minimum Gasteiger partial charge on any atom is -0.317 e. The summed E-state index contributed by atoms with van der Waals surface area (Å²) in [4.78, 5) is 3.27. The van der Waals surface area contributed by atoms with Crippen LogP contribution in [0.5, 0.6) is 0 Å². The molecule has 1 aromatic heterocycles. The van der Waals surface area contributed by atoms with Crippen LogP contribution in [0.25, 0.3) is 32.9 Å². The summed E-state index contributed by atoms with van der Waals surface area (Å²) in [5.41, 5.74) is 1.86. The summed E-state index contributed by atoms with van der Waals surface area (Å²) in [5, 5.41) is 20.1. The molecule has 0 bridgehead atoms. The topological polar surface area (TPSA) is 56.9 Å². The third-order valence-electron chi connectivity index (χ3n) is 3.60. The molecule has 3 rings (SSSR count). The van der Waals surface area contributed by atoms with Crippen LogP contribution in [0.1, 0.15) is 0 Å². The standard InChI is InChI=1S/C19H10N4/c1-22-17(14(12-20)13-21)10-11-23-18-8-4-2-6-15(18)16-7-3-5-9-19(16)23/h2-11H. The maximum absolute atomic E-state index is 8.91. The first kappa shape index (κ1) is 14.1. The summed E-state index contributed by atoms with van der Waals surface area (Å²) in [6.45, 7) is 7.16. The minimum atomic E-state index is -0.183. The Balaban J connectivity index is 2.27. The van der Waals surface area contributed by atoms with E-state index in [4.69, 9.17) is 17.1 Å². The molecule has 0 radical (unpaired) electrons. The van der Waals surface area contributed by atoms with Crippen molar-refractivity contribution < 1.29 is 0 Å². The summed E-state index contributed by atoms with van der Waals surface area (Å²) < 4.78 is 1.96. The number of allylic oxidation sites excluding steroid dienone is 2. The third kappa shape index (κ3) is 2.33. The van der Waals surface area contributed by atoms with Crippen molar-refractivity contribution >= 4 is 28.0 Å². The van der Waals surface area contributed by atoms with Gasteiger partial charge in [-0.15, -0.1) is 0 Å². The van der Waals surface area contributed by atoms with Crippen molar-refractivity contribution in [1.82, 2.24) is 4.57 Å². The molecule has 0 amide bonds. The molecule has 4 heteroatoms. The number of para-hydroxylation sites is 2. The van der Waals surface area contributed by atoms with Gasteiger partial charge in [0.25, 0.3) is 0 Å². The molecule has 106 valence electrons. The van der Waals surface area contributed by atoms with Crippen LogP contribution in [0, 0.1) is 29.2 Å². The quantitative estimate of drug-likeness (QED) is 0.397. The molecule has 3 aromatic rings. The largest absolute Gasteiger partial charge is 0.317 e. The van der Waals surface area contributed by atoms with E-state index in [1.54, 1.807) is 18.3 Å². The molecule has 0 spiro atoms. The number of nitrogens with zero attached hydrogens (tertiary/aromatic N) is 4. The van der Waals surface area contributed by atoms with Gasteiger partial charge in [-0.3, -0.25) is 0 Å². The van der Waals surface area contributed by atoms with Gasteiger partial charge in [0.2, 0.25) is 5.70 Å². The first-order valence-corrected chi connectivity index (χ1v) is 6.88. The third-order valence-corrected chi connectivity index (χ3v) is 3.60. The van der Waals surface area contributed by atoms with Gasteiger partial charge in [-0.05, 0) is 24.4 Å². The second-order valence-corrected chi connectivity index (χ2v) is 4.82. The van der Waals surface area contributed by atoms with Gasteiger partial charge in [0.1, 0.15) is 5.57 Å². The first-order valence-electron chi connectivity index (χ1n) is 6.88. The van der Waals surface area contributed by atoms with Gasteiger partial charge in [-0.1, -0.05) is 36.4 Å². The smallest absolute Gasteiger partial charge is 0.216 e. The Kier molecular flexibility index (Phi) is 3.63. The lowest BCUT2D eigenvalue weighted by molar-refractivity contribution is 1.29. The maximum atomic E-state index is 8.91. The van der Waals surface area contributed by atoms with Crippen molar-refractivity contribution in [1.29, 1.82) is 10.5 Å². The Bertz CT molecular complexity index is 1020. The van der Waals surface area contributed by atoms with E-state index >= 15 is 0 Å². The molecule has 0 aliphatic carbocycles. The fraction of sp³-hybridized carbons (Fsp3) is 0. The van der Waals surface area contributed by atoms with Crippen molar-refractivity contribution in [2.24, 2.45) is 0 Å². The highest BCUT2D eigenvalue weighted by atomic mass is 15.0. The van der Waals surface area contributed by atoms with Crippen molar-refractivity contribution in [3.8, 4) is 12.1 Å². The van der Waals surface area contributed by atoms with Gasteiger partial charge in [0.05, 0.1) is 29.7 Å². The zero-order chi connectivity index (χ0) is 16.2. The van der Waals surface area contributed by atoms with E-state index in [9.17, 15) is 0 Å². The number of fused-ring (bicyclic) bond motifs is 3. The number of hydrogen-bond donors (Lipinski definition) is 0. The van der Waals surface area contributed by atoms with E-state index in [0.717, 1.165) is 21.8 Å². The predicted octanol–water partition coefficient (Wildman–Crippen LogP) is 4.49. The second kappa shape index (κ2) is 5.90. The Hall–Kier alpha value is -3.81. The Labute approximate surface area is 133 Å². The van der Waals surface area contributed by atoms with Crippen LogP contribution in [-0.4, -0.2) is 4.57 Å². The molecule has 0 unspecified atom stereocenters. The summed E-state index contributed by atoms with van der Waals surface area (Å²) in [6.07, 6.45) is 3.24. The molecule has 4 nitrogen and oxygen atoms in total. The number of aromatic nitrogens is 1. The van der Waals surface area contributed by atoms with E-state index in [-0.39, 0.29) is 11.3 Å². The molecule has 0 aliphatic heterocycles. The molecule has 0 atom stereocenters.